The second kappa shape index (κ2) is 8.99. The van der Waals surface area contributed by atoms with Crippen LogP contribution in [-0.4, -0.2) is 49.1 Å². The van der Waals surface area contributed by atoms with Crippen LogP contribution in [0.4, 0.5) is 11.4 Å². The fraction of sp³-hybridized carbons (Fsp3) is 0.321. The van der Waals surface area contributed by atoms with E-state index in [1.54, 1.807) is 18.6 Å². The maximum atomic E-state index is 12.4. The Morgan fingerprint density at radius 3 is 2.59 bits per heavy atom. The first kappa shape index (κ1) is 22.0. The second-order valence-electron chi connectivity index (χ2n) is 10.1. The largest absolute Gasteiger partial charge is 0.370 e. The van der Waals surface area contributed by atoms with Gasteiger partial charge in [-0.05, 0) is 50.3 Å². The number of piperidine rings is 1. The van der Waals surface area contributed by atoms with Gasteiger partial charge in [-0.25, -0.2) is 0 Å². The predicted octanol–water partition coefficient (Wildman–Crippen LogP) is 5.29. The summed E-state index contributed by atoms with van der Waals surface area (Å²) in [6.45, 7) is 2.13. The van der Waals surface area contributed by atoms with Crippen molar-refractivity contribution in [1.29, 1.82) is 0 Å². The third-order valence-corrected chi connectivity index (χ3v) is 7.70. The maximum absolute atomic E-state index is 12.4. The number of nitrogens with zero attached hydrogens (tertiary/aromatic N) is 5. The smallest absolute Gasteiger partial charge is 0.227 e. The molecule has 186 valence electrons. The molecule has 0 aromatic carbocycles. The topological polar surface area (TPSA) is 115 Å². The molecule has 5 aromatic rings. The molecule has 0 radical (unpaired) electrons. The molecule has 1 aliphatic carbocycles. The molecule has 7 rings (SSSR count). The summed E-state index contributed by atoms with van der Waals surface area (Å²) in [7, 11) is 0. The molecule has 1 saturated heterocycles. The lowest BCUT2D eigenvalue weighted by Gasteiger charge is -2.28. The summed E-state index contributed by atoms with van der Waals surface area (Å²) >= 11 is 0. The Labute approximate surface area is 213 Å². The second-order valence-corrected chi connectivity index (χ2v) is 10.1. The highest BCUT2D eigenvalue weighted by atomic mass is 16.1. The van der Waals surface area contributed by atoms with E-state index >= 15 is 0 Å². The van der Waals surface area contributed by atoms with Crippen molar-refractivity contribution in [3.05, 3.63) is 49.2 Å². The Bertz CT molecular complexity index is 1610. The molecule has 1 aliphatic heterocycles. The van der Waals surface area contributed by atoms with Gasteiger partial charge >= 0.3 is 0 Å². The number of H-pyrrole nitrogens is 2. The van der Waals surface area contributed by atoms with Crippen molar-refractivity contribution in [3.63, 3.8) is 0 Å². The molecule has 9 nitrogen and oxygen atoms in total. The number of nitrogens with one attached hydrogen (secondary N) is 3. The molecule has 37 heavy (non-hydrogen) atoms. The van der Waals surface area contributed by atoms with Crippen LogP contribution in [0.3, 0.4) is 0 Å². The van der Waals surface area contributed by atoms with Crippen LogP contribution in [0.25, 0.3) is 44.5 Å². The standard InChI is InChI=1S/C28H28N8O/c37-28(17-5-4-6-17)32-19-9-18(12-29-13-19)22-11-21-25(15-31-22)34-35-27(21)23-10-20-24(33-23)14-30-16-26(20)36-7-2-1-3-8-36/h9-17,33H,1-8H2,(H,32,37)(H,34,35). The van der Waals surface area contributed by atoms with Crippen molar-refractivity contribution in [2.24, 2.45) is 5.92 Å². The lowest BCUT2D eigenvalue weighted by Crippen LogP contribution is -2.29. The molecule has 0 spiro atoms. The molecule has 0 bridgehead atoms. The van der Waals surface area contributed by atoms with Crippen LogP contribution >= 0.6 is 0 Å². The van der Waals surface area contributed by atoms with Crippen molar-refractivity contribution >= 4 is 39.1 Å². The molecule has 2 fully saturated rings. The zero-order valence-electron chi connectivity index (χ0n) is 20.5. The van der Waals surface area contributed by atoms with Gasteiger partial charge in [0.25, 0.3) is 0 Å². The van der Waals surface area contributed by atoms with Crippen molar-refractivity contribution in [1.82, 2.24) is 30.1 Å². The molecule has 3 N–H and O–H groups in total. The SMILES string of the molecule is O=C(Nc1cncc(-c2cc3c(-c4cc5c(N6CCCCC6)cncc5[nH]4)n[nH]c3cn2)c1)C1CCC1. The summed E-state index contributed by atoms with van der Waals surface area (Å²) < 4.78 is 0. The Morgan fingerprint density at radius 1 is 0.892 bits per heavy atom. The van der Waals surface area contributed by atoms with Gasteiger partial charge in [-0.15, -0.1) is 0 Å². The molecule has 0 atom stereocenters. The summed E-state index contributed by atoms with van der Waals surface area (Å²) in [6.07, 6.45) is 15.9. The number of carbonyl (C=O) groups excluding carboxylic acids is 1. The highest BCUT2D eigenvalue weighted by Gasteiger charge is 2.25. The van der Waals surface area contributed by atoms with Crippen LogP contribution in [0.2, 0.25) is 0 Å². The van der Waals surface area contributed by atoms with Gasteiger partial charge in [0.2, 0.25) is 5.91 Å². The summed E-state index contributed by atoms with van der Waals surface area (Å²) in [5.41, 5.74) is 7.11. The van der Waals surface area contributed by atoms with Crippen molar-refractivity contribution in [3.8, 4) is 22.6 Å². The first-order valence-corrected chi connectivity index (χ1v) is 13.1. The third-order valence-electron chi connectivity index (χ3n) is 7.70. The number of hydrogen-bond donors (Lipinski definition) is 3. The number of carbonyl (C=O) groups is 1. The van der Waals surface area contributed by atoms with Crippen LogP contribution < -0.4 is 10.2 Å². The van der Waals surface area contributed by atoms with Gasteiger partial charge in [0, 0.05) is 41.5 Å². The fourth-order valence-corrected chi connectivity index (χ4v) is 5.39. The van der Waals surface area contributed by atoms with Crippen molar-refractivity contribution in [2.45, 2.75) is 38.5 Å². The van der Waals surface area contributed by atoms with Gasteiger partial charge in [-0.2, -0.15) is 5.10 Å². The lowest BCUT2D eigenvalue weighted by atomic mass is 9.85. The quantitative estimate of drug-likeness (QED) is 0.307. The molecular weight excluding hydrogens is 464 g/mol. The van der Waals surface area contributed by atoms with Gasteiger partial charge < -0.3 is 15.2 Å². The molecule has 1 amide bonds. The number of fused-ring (bicyclic) bond motifs is 2. The number of pyridine rings is 3. The summed E-state index contributed by atoms with van der Waals surface area (Å²) in [5.74, 6) is 0.191. The minimum atomic E-state index is 0.0722. The predicted molar refractivity (Wildman–Crippen MR) is 144 cm³/mol. The molecule has 6 heterocycles. The van der Waals surface area contributed by atoms with Gasteiger partial charge in [-0.1, -0.05) is 6.42 Å². The average molecular weight is 493 g/mol. The molecular formula is C28H28N8O. The summed E-state index contributed by atoms with van der Waals surface area (Å²) in [4.78, 5) is 31.9. The summed E-state index contributed by atoms with van der Waals surface area (Å²) in [6, 6.07) is 6.13. The van der Waals surface area contributed by atoms with Gasteiger partial charge in [0.05, 0.1) is 58.6 Å². The van der Waals surface area contributed by atoms with Crippen LogP contribution in [-0.2, 0) is 4.79 Å². The van der Waals surface area contributed by atoms with Crippen LogP contribution in [0, 0.1) is 5.92 Å². The number of rotatable bonds is 5. The zero-order chi connectivity index (χ0) is 24.8. The molecule has 1 saturated carbocycles. The number of amides is 1. The monoisotopic (exact) mass is 492 g/mol. The van der Waals surface area contributed by atoms with E-state index in [9.17, 15) is 4.79 Å². The minimum absolute atomic E-state index is 0.0722. The average Bonchev–Trinajstić information content (AvgIpc) is 3.52. The van der Waals surface area contributed by atoms with Crippen LogP contribution in [0.5, 0.6) is 0 Å². The van der Waals surface area contributed by atoms with Gasteiger partial charge in [0.15, 0.2) is 0 Å². The van der Waals surface area contributed by atoms with Gasteiger partial charge in [-0.3, -0.25) is 24.8 Å². The Kier molecular flexibility index (Phi) is 5.34. The Morgan fingerprint density at radius 2 is 1.76 bits per heavy atom. The van der Waals surface area contributed by atoms with Crippen molar-refractivity contribution in [2.75, 3.05) is 23.3 Å². The number of hydrogen-bond acceptors (Lipinski definition) is 6. The highest BCUT2D eigenvalue weighted by molar-refractivity contribution is 6.00. The van der Waals surface area contributed by atoms with E-state index in [4.69, 9.17) is 0 Å². The normalized spacial score (nSPS) is 16.3. The third kappa shape index (κ3) is 4.00. The van der Waals surface area contributed by atoms with E-state index in [1.165, 1.54) is 24.9 Å². The minimum Gasteiger partial charge on any atom is -0.370 e. The maximum Gasteiger partial charge on any atom is 0.227 e. The molecule has 5 aromatic heterocycles. The van der Waals surface area contributed by atoms with Crippen LogP contribution in [0.15, 0.2) is 49.2 Å². The highest BCUT2D eigenvalue weighted by Crippen LogP contribution is 2.35. The zero-order valence-corrected chi connectivity index (χ0v) is 20.5. The Hall–Kier alpha value is -4.27. The van der Waals surface area contributed by atoms with E-state index in [1.807, 2.05) is 24.5 Å². The fourth-order valence-electron chi connectivity index (χ4n) is 5.39. The van der Waals surface area contributed by atoms with Crippen LogP contribution in [0.1, 0.15) is 38.5 Å². The van der Waals surface area contributed by atoms with Gasteiger partial charge in [0.1, 0.15) is 5.69 Å². The van der Waals surface area contributed by atoms with E-state index in [0.29, 0.717) is 5.69 Å². The lowest BCUT2D eigenvalue weighted by molar-refractivity contribution is -0.122. The number of aromatic nitrogens is 6. The first-order chi connectivity index (χ1) is 18.2. The van der Waals surface area contributed by atoms with Crippen molar-refractivity contribution < 1.29 is 4.79 Å². The van der Waals surface area contributed by atoms with E-state index < -0.39 is 0 Å². The molecule has 2 aliphatic rings. The number of anilines is 2. The van der Waals surface area contributed by atoms with E-state index in [-0.39, 0.29) is 11.8 Å². The van der Waals surface area contributed by atoms with E-state index in [0.717, 1.165) is 76.8 Å². The molecule has 0 unspecified atom stereocenters. The molecule has 9 heteroatoms. The number of aromatic amines is 2. The first-order valence-electron chi connectivity index (χ1n) is 13.1. The Balaban J connectivity index is 1.23. The van der Waals surface area contributed by atoms with E-state index in [2.05, 4.69) is 46.4 Å². The summed E-state index contributed by atoms with van der Waals surface area (Å²) in [5, 5.41) is 12.9.